The largest absolute Gasteiger partial charge is 0.497 e. The van der Waals surface area contributed by atoms with Gasteiger partial charge in [0, 0.05) is 12.2 Å². The quantitative estimate of drug-likeness (QED) is 0.607. The van der Waals surface area contributed by atoms with Crippen LogP contribution < -0.4 is 19.7 Å². The average Bonchev–Trinajstić information content (AvgIpc) is 2.77. The molecule has 0 radical (unpaired) electrons. The van der Waals surface area contributed by atoms with Crippen molar-refractivity contribution in [3.8, 4) is 11.5 Å². The molecule has 4 rings (SSSR count). The lowest BCUT2D eigenvalue weighted by Gasteiger charge is -2.38. The maximum absolute atomic E-state index is 12.8. The summed E-state index contributed by atoms with van der Waals surface area (Å²) in [6.07, 6.45) is 0.338. The van der Waals surface area contributed by atoms with Crippen LogP contribution in [0.25, 0.3) is 0 Å². The van der Waals surface area contributed by atoms with E-state index in [9.17, 15) is 4.79 Å². The summed E-state index contributed by atoms with van der Waals surface area (Å²) in [5.74, 6) is 1.59. The smallest absolute Gasteiger partial charge is 0.226 e. The molecule has 1 aliphatic rings. The van der Waals surface area contributed by atoms with Crippen LogP contribution in [0.15, 0.2) is 66.7 Å². The maximum Gasteiger partial charge on any atom is 0.226 e. The Kier molecular flexibility index (Phi) is 6.12. The number of methoxy groups -OCH3 is 1. The number of nitrogens with one attached hydrogen (secondary N) is 1. The molecule has 0 fully saturated rings. The molecule has 0 aromatic heterocycles. The van der Waals surface area contributed by atoms with Crippen LogP contribution in [0.5, 0.6) is 11.5 Å². The minimum absolute atomic E-state index is 0.0387. The number of hydrogen-bond donors (Lipinski definition) is 1. The zero-order chi connectivity index (χ0) is 21.8. The van der Waals surface area contributed by atoms with E-state index < -0.39 is 0 Å². The van der Waals surface area contributed by atoms with Gasteiger partial charge in [0.25, 0.3) is 0 Å². The minimum atomic E-state index is -0.0604. The molecule has 160 valence electrons. The van der Waals surface area contributed by atoms with Crippen molar-refractivity contribution in [1.29, 1.82) is 0 Å². The molecule has 5 nitrogen and oxygen atoms in total. The number of nitrogens with zero attached hydrogens (tertiary/aromatic N) is 1. The first-order valence-corrected chi connectivity index (χ1v) is 10.5. The summed E-state index contributed by atoms with van der Waals surface area (Å²) in [6.45, 7) is 5.34. The summed E-state index contributed by atoms with van der Waals surface area (Å²) in [5.41, 5.74) is 5.38. The van der Waals surface area contributed by atoms with E-state index in [0.29, 0.717) is 13.0 Å². The number of carbonyl (C=O) groups excluding carboxylic acids is 1. The van der Waals surface area contributed by atoms with E-state index in [0.717, 1.165) is 35.0 Å². The van der Waals surface area contributed by atoms with Gasteiger partial charge in [-0.1, -0.05) is 35.9 Å². The summed E-state index contributed by atoms with van der Waals surface area (Å²) >= 11 is 0. The summed E-state index contributed by atoms with van der Waals surface area (Å²) < 4.78 is 11.2. The van der Waals surface area contributed by atoms with Crippen molar-refractivity contribution in [1.82, 2.24) is 0 Å². The molecule has 1 heterocycles. The van der Waals surface area contributed by atoms with Gasteiger partial charge in [0.15, 0.2) is 0 Å². The molecule has 1 aliphatic heterocycles. The van der Waals surface area contributed by atoms with Gasteiger partial charge in [0.1, 0.15) is 18.1 Å². The summed E-state index contributed by atoms with van der Waals surface area (Å²) in [6, 6.07) is 22.1. The lowest BCUT2D eigenvalue weighted by molar-refractivity contribution is -0.116. The molecule has 1 atom stereocenters. The highest BCUT2D eigenvalue weighted by Crippen LogP contribution is 2.36. The number of ether oxygens (including phenoxy) is 2. The fraction of sp³-hybridized carbons (Fsp3) is 0.269. The second-order valence-corrected chi connectivity index (χ2v) is 8.03. The molecule has 0 aliphatic carbocycles. The van der Waals surface area contributed by atoms with E-state index >= 15 is 0 Å². The van der Waals surface area contributed by atoms with Gasteiger partial charge in [0.2, 0.25) is 5.91 Å². The first kappa shape index (κ1) is 20.8. The summed E-state index contributed by atoms with van der Waals surface area (Å²) in [7, 11) is 1.62. The first-order valence-electron chi connectivity index (χ1n) is 10.5. The molecular formula is C26H28N2O3. The van der Waals surface area contributed by atoms with E-state index in [1.807, 2.05) is 24.3 Å². The molecule has 3 aromatic carbocycles. The average molecular weight is 417 g/mol. The molecular weight excluding hydrogens is 388 g/mol. The molecule has 1 N–H and O–H groups in total. The Balaban J connectivity index is 1.53. The van der Waals surface area contributed by atoms with E-state index in [1.54, 1.807) is 7.11 Å². The van der Waals surface area contributed by atoms with Crippen LogP contribution in [0.3, 0.4) is 0 Å². The lowest BCUT2D eigenvalue weighted by atomic mass is 10.0. The molecule has 31 heavy (non-hydrogen) atoms. The highest BCUT2D eigenvalue weighted by Gasteiger charge is 2.29. The molecule has 0 saturated carbocycles. The van der Waals surface area contributed by atoms with E-state index in [2.05, 4.69) is 66.5 Å². The summed E-state index contributed by atoms with van der Waals surface area (Å²) in [5, 5.41) is 2.99. The Morgan fingerprint density at radius 2 is 1.74 bits per heavy atom. The van der Waals surface area contributed by atoms with Crippen molar-refractivity contribution in [2.45, 2.75) is 32.9 Å². The van der Waals surface area contributed by atoms with E-state index in [4.69, 9.17) is 9.47 Å². The van der Waals surface area contributed by atoms with Gasteiger partial charge in [-0.2, -0.15) is 0 Å². The second kappa shape index (κ2) is 9.13. The second-order valence-electron chi connectivity index (χ2n) is 8.03. The van der Waals surface area contributed by atoms with Gasteiger partial charge in [-0.3, -0.25) is 4.79 Å². The van der Waals surface area contributed by atoms with E-state index in [1.165, 1.54) is 11.1 Å². The van der Waals surface area contributed by atoms with Crippen molar-refractivity contribution in [2.75, 3.05) is 23.9 Å². The van der Waals surface area contributed by atoms with Crippen LogP contribution in [-0.4, -0.2) is 25.7 Å². The van der Waals surface area contributed by atoms with Crippen molar-refractivity contribution in [3.05, 3.63) is 83.4 Å². The first-order chi connectivity index (χ1) is 15.0. The third-order valence-corrected chi connectivity index (χ3v) is 5.57. The highest BCUT2D eigenvalue weighted by molar-refractivity contribution is 5.91. The standard InChI is InChI=1S/C26H28N2O3/c1-18-4-7-20(8-5-18)16-28-22(17-31-25-14-19(2)6-13-24(25)28)15-26(29)27-21-9-11-23(30-3)12-10-21/h4-14,22H,15-17H2,1-3H3,(H,27,29)/t22-/m1/s1. The Morgan fingerprint density at radius 3 is 2.45 bits per heavy atom. The number of aryl methyl sites for hydroxylation is 2. The fourth-order valence-corrected chi connectivity index (χ4v) is 3.82. The lowest BCUT2D eigenvalue weighted by Crippen LogP contribution is -2.44. The number of carbonyl (C=O) groups is 1. The van der Waals surface area contributed by atoms with E-state index in [-0.39, 0.29) is 11.9 Å². The molecule has 0 saturated heterocycles. The Hall–Kier alpha value is -3.47. The highest BCUT2D eigenvalue weighted by atomic mass is 16.5. The monoisotopic (exact) mass is 416 g/mol. The van der Waals surface area contributed by atoms with Crippen LogP contribution in [0.1, 0.15) is 23.1 Å². The van der Waals surface area contributed by atoms with Gasteiger partial charge in [-0.25, -0.2) is 0 Å². The Morgan fingerprint density at radius 1 is 1.03 bits per heavy atom. The van der Waals surface area contributed by atoms with Gasteiger partial charge in [-0.15, -0.1) is 0 Å². The van der Waals surface area contributed by atoms with Crippen LogP contribution in [0.2, 0.25) is 0 Å². The third kappa shape index (κ3) is 5.00. The number of anilines is 2. The van der Waals surface area contributed by atoms with Gasteiger partial charge in [-0.05, 0) is 61.4 Å². The number of fused-ring (bicyclic) bond motifs is 1. The molecule has 1 amide bonds. The SMILES string of the molecule is COc1ccc(NC(=O)C[C@@H]2COc3cc(C)ccc3N2Cc2ccc(C)cc2)cc1. The topological polar surface area (TPSA) is 50.8 Å². The van der Waals surface area contributed by atoms with Crippen molar-refractivity contribution in [3.63, 3.8) is 0 Å². The Bertz CT molecular complexity index is 1050. The number of amides is 1. The predicted molar refractivity (Wildman–Crippen MR) is 124 cm³/mol. The predicted octanol–water partition coefficient (Wildman–Crippen LogP) is 5.11. The third-order valence-electron chi connectivity index (χ3n) is 5.57. The van der Waals surface area contributed by atoms with Gasteiger partial charge in [0.05, 0.1) is 25.3 Å². The molecule has 0 bridgehead atoms. The number of benzene rings is 3. The Labute approximate surface area is 183 Å². The van der Waals surface area contributed by atoms with Crippen LogP contribution in [0, 0.1) is 13.8 Å². The summed E-state index contributed by atoms with van der Waals surface area (Å²) in [4.78, 5) is 15.1. The molecule has 0 unspecified atom stereocenters. The maximum atomic E-state index is 12.8. The molecule has 3 aromatic rings. The van der Waals surface area contributed by atoms with Gasteiger partial charge >= 0.3 is 0 Å². The van der Waals surface area contributed by atoms with Crippen LogP contribution in [0.4, 0.5) is 11.4 Å². The van der Waals surface area contributed by atoms with Crippen LogP contribution in [-0.2, 0) is 11.3 Å². The minimum Gasteiger partial charge on any atom is -0.497 e. The zero-order valence-corrected chi connectivity index (χ0v) is 18.2. The normalized spacial score (nSPS) is 15.1. The number of hydrogen-bond acceptors (Lipinski definition) is 4. The van der Waals surface area contributed by atoms with Crippen LogP contribution >= 0.6 is 0 Å². The molecule has 5 heteroatoms. The van der Waals surface area contributed by atoms with Crippen molar-refractivity contribution in [2.24, 2.45) is 0 Å². The molecule has 0 spiro atoms. The number of rotatable bonds is 6. The van der Waals surface area contributed by atoms with Crippen molar-refractivity contribution >= 4 is 17.3 Å². The fourth-order valence-electron chi connectivity index (χ4n) is 3.82. The zero-order valence-electron chi connectivity index (χ0n) is 18.2. The van der Waals surface area contributed by atoms with Crippen molar-refractivity contribution < 1.29 is 14.3 Å². The van der Waals surface area contributed by atoms with Gasteiger partial charge < -0.3 is 19.7 Å².